The number of para-hydroxylation sites is 2. The third kappa shape index (κ3) is 20.4. The van der Waals surface area contributed by atoms with Crippen LogP contribution in [0, 0.1) is 34.6 Å². The molecule has 12 aromatic carbocycles. The van der Waals surface area contributed by atoms with Gasteiger partial charge < -0.3 is 0 Å². The Bertz CT molecular complexity index is 7540. The van der Waals surface area contributed by atoms with Crippen LogP contribution in [0.25, 0.3) is 112 Å². The van der Waals surface area contributed by atoms with Gasteiger partial charge in [-0.05, 0) is 222 Å². The molecule has 135 heavy (non-hydrogen) atoms. The van der Waals surface area contributed by atoms with Crippen LogP contribution in [0.1, 0.15) is 171 Å². The van der Waals surface area contributed by atoms with E-state index < -0.39 is 0 Å². The Morgan fingerprint density at radius 2 is 0.637 bits per heavy atom. The van der Waals surface area contributed by atoms with Gasteiger partial charge in [-0.2, -0.15) is 9.13 Å². The van der Waals surface area contributed by atoms with E-state index in [1.54, 1.807) is 6.92 Å². The number of hydrogen-bond acceptors (Lipinski definition) is 3. The molecule has 0 N–H and O–H groups in total. The molecule has 0 unspecified atom stereocenters. The molecule has 18 aromatic rings. The molecule has 0 saturated heterocycles. The summed E-state index contributed by atoms with van der Waals surface area (Å²) in [5.41, 5.74) is 41.1. The van der Waals surface area contributed by atoms with Gasteiger partial charge in [-0.1, -0.05) is 273 Å². The van der Waals surface area contributed by atoms with Crippen LogP contribution in [0.15, 0.2) is 383 Å². The van der Waals surface area contributed by atoms with E-state index in [0.29, 0.717) is 22.3 Å². The third-order valence-electron chi connectivity index (χ3n) is 26.9. The highest BCUT2D eigenvalue weighted by atomic mass is 16.1. The molecule has 0 saturated carbocycles. The molecule has 0 fully saturated rings. The molecule has 20 rings (SSSR count). The van der Waals surface area contributed by atoms with Crippen LogP contribution in [0.2, 0.25) is 0 Å². The molecule has 9 heteroatoms. The first-order chi connectivity index (χ1) is 64.8. The van der Waals surface area contributed by atoms with E-state index in [9.17, 15) is 14.4 Å². The topological polar surface area (TPSA) is 74.5 Å². The molecule has 6 aromatic heterocycles. The summed E-state index contributed by atoms with van der Waals surface area (Å²) in [5.74, 6) is 0.192. The Kier molecular flexibility index (Phi) is 28.3. The summed E-state index contributed by atoms with van der Waals surface area (Å²) in [5, 5.41) is 2.54. The lowest BCUT2D eigenvalue weighted by molar-refractivity contribution is -0.660. The van der Waals surface area contributed by atoms with Crippen LogP contribution in [-0.4, -0.2) is 17.3 Å². The summed E-state index contributed by atoms with van der Waals surface area (Å²) < 4.78 is 12.8. The lowest BCUT2D eigenvalue weighted by Crippen LogP contribution is -2.32. The number of rotatable bonds is 12. The first kappa shape index (κ1) is 94.5. The van der Waals surface area contributed by atoms with Crippen molar-refractivity contribution in [3.8, 4) is 78.5 Å². The summed E-state index contributed by atoms with van der Waals surface area (Å²) >= 11 is 0. The monoisotopic (exact) mass is 1770 g/mol. The van der Waals surface area contributed by atoms with E-state index in [4.69, 9.17) is 0 Å². The van der Waals surface area contributed by atoms with Crippen molar-refractivity contribution in [1.82, 2.24) is 0 Å². The smallest absolute Gasteiger partial charge is 0.213 e. The average Bonchev–Trinajstić information content (AvgIpc) is 1.58. The zero-order chi connectivity index (χ0) is 95.7. The standard InChI is InChI=1S/C26H24N.C24H26NO.C22H22N.C20H18NO.C19H18N.C15H16NO/c1-17-15-21-19-10-6-7-11-22(19)26(2,3)23(21)16-20(17)25-14-13-18-9-5-8-12-24(18)27(25)4;1-17-15-20(24(2,3)4)12-13-21(17)22-14-11-19(16-25(22)5)23(26)18-9-7-6-8-10-18;1-15-13-18-16-9-5-6-10-19(16)22(2,3)20(18)14-17(15)21-11-7-8-12-23(21)4;1-15-8-6-7-11-18(15)19-13-12-17(14-21(19)2)20(22)16-9-4-3-5-10-16;1-15(16-8-4-3-5-9-16)14-18-13-12-17-10-6-7-11-19(17)20(18)2;1-11-6-4-5-7-14(11)15-9-8-13(12(2)17)10-16(15)3/h5-16H,1-4H3;6-16H,1-5H3;5-14H,1-4H3;3-14H,1-2H3;3-14H,1-2H3;4-10H,1-3H3/q6*+1/b;;;;15-14+;. The molecule has 2 aliphatic carbocycles. The van der Waals surface area contributed by atoms with Gasteiger partial charge in [0, 0.05) is 121 Å². The highest BCUT2D eigenvalue weighted by Crippen LogP contribution is 2.52. The highest BCUT2D eigenvalue weighted by Gasteiger charge is 2.39. The summed E-state index contributed by atoms with van der Waals surface area (Å²) in [6.45, 7) is 30.6. The number of benzene rings is 12. The number of fused-ring (bicyclic) bond motifs is 8. The van der Waals surface area contributed by atoms with Gasteiger partial charge in [-0.25, -0.2) is 18.3 Å². The van der Waals surface area contributed by atoms with Gasteiger partial charge in [0.2, 0.25) is 45.2 Å². The Balaban J connectivity index is 0.000000124. The summed E-state index contributed by atoms with van der Waals surface area (Å²) in [7, 11) is 12.3. The Hall–Kier alpha value is -15.2. The lowest BCUT2D eigenvalue weighted by Gasteiger charge is -2.22. The molecule has 6 heterocycles. The quantitative estimate of drug-likeness (QED) is 0.0903. The molecule has 0 bridgehead atoms. The second-order valence-corrected chi connectivity index (χ2v) is 38.0. The Morgan fingerprint density at radius 1 is 0.274 bits per heavy atom. The zero-order valence-electron chi connectivity index (χ0n) is 81.9. The predicted molar refractivity (Wildman–Crippen MR) is 555 cm³/mol. The molecule has 2 aliphatic rings. The largest absolute Gasteiger partial charge is 0.294 e. The minimum absolute atomic E-state index is 0.0315. The Labute approximate surface area is 798 Å². The molecular weight excluding hydrogens is 1650 g/mol. The maximum atomic E-state index is 12.7. The van der Waals surface area contributed by atoms with Crippen LogP contribution in [-0.2, 0) is 58.5 Å². The van der Waals surface area contributed by atoms with Crippen molar-refractivity contribution in [2.45, 2.75) is 113 Å². The van der Waals surface area contributed by atoms with Crippen LogP contribution >= 0.6 is 0 Å². The molecule has 0 radical (unpaired) electrons. The molecule has 670 valence electrons. The minimum atomic E-state index is 0.0315. The van der Waals surface area contributed by atoms with Crippen molar-refractivity contribution in [3.63, 3.8) is 0 Å². The second-order valence-electron chi connectivity index (χ2n) is 38.0. The maximum Gasteiger partial charge on any atom is 0.213 e. The van der Waals surface area contributed by atoms with E-state index in [0.717, 1.165) is 22.6 Å². The fraction of sp³-hybridized carbons (Fsp3) is 0.183. The first-order valence-electron chi connectivity index (χ1n) is 46.6. The first-order valence-corrected chi connectivity index (χ1v) is 46.6. The summed E-state index contributed by atoms with van der Waals surface area (Å²) in [6.07, 6.45) is 10.0. The van der Waals surface area contributed by atoms with E-state index >= 15 is 0 Å². The summed E-state index contributed by atoms with van der Waals surface area (Å²) in [4.78, 5) is 36.5. The van der Waals surface area contributed by atoms with Gasteiger partial charge in [-0.15, -0.1) is 0 Å². The van der Waals surface area contributed by atoms with Crippen molar-refractivity contribution in [1.29, 1.82) is 0 Å². The van der Waals surface area contributed by atoms with E-state index in [1.807, 2.05) is 181 Å². The Morgan fingerprint density at radius 3 is 1.08 bits per heavy atom. The van der Waals surface area contributed by atoms with Gasteiger partial charge >= 0.3 is 0 Å². The lowest BCUT2D eigenvalue weighted by atomic mass is 9.81. The number of nitrogens with zero attached hydrogens (tertiary/aromatic N) is 6. The normalized spacial score (nSPS) is 12.3. The van der Waals surface area contributed by atoms with Crippen LogP contribution in [0.5, 0.6) is 0 Å². The molecule has 9 nitrogen and oxygen atoms in total. The molecule has 0 spiro atoms. The van der Waals surface area contributed by atoms with Gasteiger partial charge in [-0.3, -0.25) is 14.4 Å². The van der Waals surface area contributed by atoms with Gasteiger partial charge in [0.05, 0.1) is 16.7 Å². The van der Waals surface area contributed by atoms with Crippen LogP contribution < -0.4 is 27.4 Å². The molecule has 0 atom stereocenters. The minimum Gasteiger partial charge on any atom is -0.294 e. The fourth-order valence-electron chi connectivity index (χ4n) is 19.0. The van der Waals surface area contributed by atoms with E-state index in [-0.39, 0.29) is 33.6 Å². The molecule has 0 amide bonds. The van der Waals surface area contributed by atoms with E-state index in [1.165, 1.54) is 156 Å². The number of pyridine rings is 6. The number of allylic oxidation sites excluding steroid dienone is 1. The number of aryl methyl sites for hydroxylation is 11. The number of hydrogen-bond donors (Lipinski definition) is 0. The molecular formula is C126H124N6O3+6. The van der Waals surface area contributed by atoms with Crippen LogP contribution in [0.4, 0.5) is 0 Å². The van der Waals surface area contributed by atoms with Crippen LogP contribution in [0.3, 0.4) is 0 Å². The second kappa shape index (κ2) is 40.5. The SMILES string of the molecule is C/C(=C\c1ccc2ccccc2[n+]1C)c1ccccc1.CC(=O)c1ccc(-c2ccccc2C)[n+](C)c1.Cc1cc(C(C)(C)C)ccc1-c1ccc(C(=O)c2ccccc2)c[n+]1C.Cc1cc2c(cc1-c1ccc3ccccc3[n+]1C)C(C)(C)c1ccccc1-2.Cc1cc2c(cc1-c1cccc[n+]1C)C(C)(C)c1ccccc1-2.Cc1ccccc1-c1ccc(C(=O)c2ccccc2)c[n+]1C. The third-order valence-corrected chi connectivity index (χ3v) is 26.9. The van der Waals surface area contributed by atoms with Gasteiger partial charge in [0.1, 0.15) is 42.3 Å². The van der Waals surface area contributed by atoms with Crippen molar-refractivity contribution in [2.75, 3.05) is 0 Å². The van der Waals surface area contributed by atoms with E-state index in [2.05, 4.69) is 368 Å². The van der Waals surface area contributed by atoms with Crippen molar-refractivity contribution < 1.29 is 41.8 Å². The number of ketones is 3. The fourth-order valence-corrected chi connectivity index (χ4v) is 19.0. The van der Waals surface area contributed by atoms with Gasteiger partial charge in [0.25, 0.3) is 0 Å². The van der Waals surface area contributed by atoms with Crippen molar-refractivity contribution >= 4 is 50.8 Å². The maximum absolute atomic E-state index is 12.7. The van der Waals surface area contributed by atoms with Crippen molar-refractivity contribution in [2.24, 2.45) is 42.3 Å². The summed E-state index contributed by atoms with van der Waals surface area (Å²) in [6, 6.07) is 124. The zero-order valence-corrected chi connectivity index (χ0v) is 81.9. The molecule has 0 aliphatic heterocycles. The number of carbonyl (C=O) groups excluding carboxylic acids is 3. The number of carbonyl (C=O) groups is 3. The highest BCUT2D eigenvalue weighted by molar-refractivity contribution is 6.09. The van der Waals surface area contributed by atoms with Crippen molar-refractivity contribution in [3.05, 3.63) is 477 Å². The number of Topliss-reactive ketones (excluding diaryl/α,β-unsaturated/α-hetero) is 1. The number of aromatic nitrogens is 6. The van der Waals surface area contributed by atoms with Gasteiger partial charge in [0.15, 0.2) is 42.1 Å². The predicted octanol–water partition coefficient (Wildman–Crippen LogP) is 26.4. The average molecular weight is 1770 g/mol.